The highest BCUT2D eigenvalue weighted by atomic mass is 35.5. The number of carbonyl (C=O) groups is 1. The van der Waals surface area contributed by atoms with E-state index < -0.39 is 0 Å². The third-order valence-electron chi connectivity index (χ3n) is 3.16. The number of benzene rings is 1. The number of halogens is 2. The van der Waals surface area contributed by atoms with Crippen molar-refractivity contribution < 1.29 is 19.2 Å². The van der Waals surface area contributed by atoms with Gasteiger partial charge >= 0.3 is 0 Å². The van der Waals surface area contributed by atoms with Crippen molar-refractivity contribution in [1.82, 2.24) is 5.32 Å². The van der Waals surface area contributed by atoms with E-state index in [9.17, 15) is 4.79 Å². The maximum Gasteiger partial charge on any atom is 0.291 e. The lowest BCUT2D eigenvalue weighted by Gasteiger charge is -2.12. The van der Waals surface area contributed by atoms with Crippen molar-refractivity contribution in [2.24, 2.45) is 4.99 Å². The van der Waals surface area contributed by atoms with E-state index in [2.05, 4.69) is 24.4 Å². The first kappa shape index (κ1) is 21.7. The van der Waals surface area contributed by atoms with Gasteiger partial charge in [-0.1, -0.05) is 23.2 Å². The van der Waals surface area contributed by atoms with Gasteiger partial charge in [0.25, 0.3) is 11.9 Å². The van der Waals surface area contributed by atoms with E-state index in [1.165, 1.54) is 11.0 Å². The topological polar surface area (TPSA) is 64.4 Å². The summed E-state index contributed by atoms with van der Waals surface area (Å²) >= 11 is 11.8. The number of quaternary nitrogens is 1. The van der Waals surface area contributed by atoms with Crippen LogP contribution in [0.25, 0.3) is 0 Å². The molecule has 1 aromatic carbocycles. The van der Waals surface area contributed by atoms with Gasteiger partial charge in [0.15, 0.2) is 0 Å². The van der Waals surface area contributed by atoms with E-state index in [1.54, 1.807) is 12.1 Å². The predicted molar refractivity (Wildman–Crippen MR) is 101 cm³/mol. The first-order valence-corrected chi connectivity index (χ1v) is 9.00. The molecular weight excluding hydrogens is 365 g/mol. The lowest BCUT2D eigenvalue weighted by Crippen LogP contribution is -3.05. The van der Waals surface area contributed by atoms with Crippen LogP contribution >= 0.6 is 23.2 Å². The molecule has 0 heterocycles. The van der Waals surface area contributed by atoms with Crippen molar-refractivity contribution >= 4 is 35.1 Å². The minimum atomic E-state index is -0.355. The molecule has 0 bridgehead atoms. The fraction of sp³-hybridized carbons (Fsp3) is 0.529. The second-order valence-corrected chi connectivity index (χ2v) is 6.44. The zero-order valence-electron chi connectivity index (χ0n) is 14.9. The summed E-state index contributed by atoms with van der Waals surface area (Å²) in [7, 11) is 4.16. The summed E-state index contributed by atoms with van der Waals surface area (Å²) in [4.78, 5) is 18.0. The Bertz CT molecular complexity index is 580. The van der Waals surface area contributed by atoms with Crippen molar-refractivity contribution in [2.75, 3.05) is 47.0 Å². The largest absolute Gasteiger partial charge is 0.463 e. The second kappa shape index (κ2) is 12.1. The molecule has 6 nitrogen and oxygen atoms in total. The van der Waals surface area contributed by atoms with Gasteiger partial charge in [-0.2, -0.15) is 0 Å². The predicted octanol–water partition coefficient (Wildman–Crippen LogP) is 1.67. The van der Waals surface area contributed by atoms with Crippen molar-refractivity contribution in [3.05, 3.63) is 33.8 Å². The molecule has 8 heteroatoms. The van der Waals surface area contributed by atoms with E-state index in [0.29, 0.717) is 42.0 Å². The minimum absolute atomic E-state index is 0.185. The Labute approximate surface area is 159 Å². The summed E-state index contributed by atoms with van der Waals surface area (Å²) in [6.45, 7) is 4.81. The van der Waals surface area contributed by atoms with Crippen molar-refractivity contribution in [3.8, 4) is 0 Å². The number of nitrogens with one attached hydrogen (secondary N) is 2. The van der Waals surface area contributed by atoms with E-state index in [-0.39, 0.29) is 11.9 Å². The number of carbonyl (C=O) groups excluding carboxylic acids is 1. The quantitative estimate of drug-likeness (QED) is 0.382. The van der Waals surface area contributed by atoms with Gasteiger partial charge in [0.1, 0.15) is 6.61 Å². The van der Waals surface area contributed by atoms with Gasteiger partial charge in [0.2, 0.25) is 0 Å². The van der Waals surface area contributed by atoms with Crippen LogP contribution in [0.4, 0.5) is 0 Å². The maximum absolute atomic E-state index is 12.3. The second-order valence-electron chi connectivity index (χ2n) is 5.63. The molecule has 0 saturated heterocycles. The molecule has 0 saturated carbocycles. The number of nitrogens with zero attached hydrogens (tertiary/aromatic N) is 1. The average molecular weight is 391 g/mol. The molecule has 25 heavy (non-hydrogen) atoms. The van der Waals surface area contributed by atoms with Crippen LogP contribution in [0, 0.1) is 0 Å². The molecule has 0 fully saturated rings. The summed E-state index contributed by atoms with van der Waals surface area (Å²) in [6, 6.07) is 4.86. The van der Waals surface area contributed by atoms with Crippen molar-refractivity contribution in [3.63, 3.8) is 0 Å². The molecule has 140 valence electrons. The lowest BCUT2D eigenvalue weighted by atomic mass is 10.2. The highest BCUT2D eigenvalue weighted by Gasteiger charge is 2.12. The van der Waals surface area contributed by atoms with Crippen molar-refractivity contribution in [1.29, 1.82) is 0 Å². The zero-order valence-corrected chi connectivity index (χ0v) is 16.4. The Hall–Kier alpha value is -1.34. The van der Waals surface area contributed by atoms with Crippen LogP contribution in [-0.2, 0) is 9.47 Å². The third kappa shape index (κ3) is 9.07. The molecule has 0 unspecified atom stereocenters. The van der Waals surface area contributed by atoms with Gasteiger partial charge in [-0.15, -0.1) is 0 Å². The highest BCUT2D eigenvalue weighted by molar-refractivity contribution is 6.42. The number of aliphatic imine (C=N–C) groups is 1. The average Bonchev–Trinajstić information content (AvgIpc) is 2.57. The van der Waals surface area contributed by atoms with Crippen LogP contribution in [0.1, 0.15) is 23.7 Å². The zero-order chi connectivity index (χ0) is 18.7. The lowest BCUT2D eigenvalue weighted by molar-refractivity contribution is -0.858. The number of amides is 1. The summed E-state index contributed by atoms with van der Waals surface area (Å²) < 4.78 is 10.8. The van der Waals surface area contributed by atoms with Crippen LogP contribution in [0.5, 0.6) is 0 Å². The molecule has 0 spiro atoms. The van der Waals surface area contributed by atoms with Gasteiger partial charge in [0, 0.05) is 25.1 Å². The molecule has 0 aliphatic carbocycles. The van der Waals surface area contributed by atoms with Crippen LogP contribution in [0.15, 0.2) is 23.2 Å². The maximum atomic E-state index is 12.3. The van der Waals surface area contributed by atoms with Crippen LogP contribution < -0.4 is 10.2 Å². The monoisotopic (exact) mass is 390 g/mol. The Kier molecular flexibility index (Phi) is 10.5. The summed E-state index contributed by atoms with van der Waals surface area (Å²) in [5, 5.41) is 3.38. The van der Waals surface area contributed by atoms with Crippen LogP contribution in [0.3, 0.4) is 0 Å². The van der Waals surface area contributed by atoms with Crippen molar-refractivity contribution in [2.45, 2.75) is 13.3 Å². The van der Waals surface area contributed by atoms with Gasteiger partial charge < -0.3 is 14.4 Å². The first-order chi connectivity index (χ1) is 11.9. The Balaban J connectivity index is 2.67. The number of rotatable bonds is 9. The molecule has 0 radical (unpaired) electrons. The smallest absolute Gasteiger partial charge is 0.291 e. The Morgan fingerprint density at radius 1 is 1.24 bits per heavy atom. The number of amidine groups is 1. The van der Waals surface area contributed by atoms with Crippen LogP contribution in [0.2, 0.25) is 10.0 Å². The van der Waals surface area contributed by atoms with E-state index in [1.807, 2.05) is 6.92 Å². The summed E-state index contributed by atoms with van der Waals surface area (Å²) in [5.74, 6) is -0.355. The van der Waals surface area contributed by atoms with Gasteiger partial charge in [-0.25, -0.2) is 4.99 Å². The standard InChI is InChI=1S/C17H25Cl2N3O3/c1-4-24-10-11-25-17(20-8-5-9-22(2)3)21-16(23)13-6-7-14(18)15(19)12-13/h6-7,12H,4-5,8-11H2,1-3H3,(H,20,21,23)/p+1. The highest BCUT2D eigenvalue weighted by Crippen LogP contribution is 2.22. The molecule has 0 atom stereocenters. The minimum Gasteiger partial charge on any atom is -0.463 e. The molecule has 0 aromatic heterocycles. The summed E-state index contributed by atoms with van der Waals surface area (Å²) in [5.41, 5.74) is 0.383. The molecule has 2 N–H and O–H groups in total. The van der Waals surface area contributed by atoms with E-state index in [0.717, 1.165) is 13.0 Å². The third-order valence-corrected chi connectivity index (χ3v) is 3.90. The molecule has 1 amide bonds. The van der Waals surface area contributed by atoms with E-state index in [4.69, 9.17) is 32.7 Å². The molecule has 1 rings (SSSR count). The SMILES string of the molecule is CCOCCOC(=NCCC[NH+](C)C)NC(=O)c1ccc(Cl)c(Cl)c1. The molecule has 0 aliphatic rings. The van der Waals surface area contributed by atoms with Crippen LogP contribution in [-0.4, -0.2) is 58.9 Å². The van der Waals surface area contributed by atoms with Gasteiger partial charge in [0.05, 0.1) is 37.3 Å². The fourth-order valence-corrected chi connectivity index (χ4v) is 2.18. The first-order valence-electron chi connectivity index (χ1n) is 8.24. The fourth-order valence-electron chi connectivity index (χ4n) is 1.88. The normalized spacial score (nSPS) is 11.7. The number of ether oxygens (including phenoxy) is 2. The molecular formula is C17H26Cl2N3O3+. The molecule has 0 aliphatic heterocycles. The molecule has 1 aromatic rings. The number of hydrogen-bond acceptors (Lipinski definition) is 4. The Morgan fingerprint density at radius 3 is 2.64 bits per heavy atom. The van der Waals surface area contributed by atoms with Gasteiger partial charge in [-0.05, 0) is 25.1 Å². The van der Waals surface area contributed by atoms with Gasteiger partial charge in [-0.3, -0.25) is 10.1 Å². The Morgan fingerprint density at radius 2 is 2.00 bits per heavy atom. The summed E-state index contributed by atoms with van der Waals surface area (Å²) in [6.07, 6.45) is 0.892. The van der Waals surface area contributed by atoms with E-state index >= 15 is 0 Å². The number of hydrogen-bond donors (Lipinski definition) is 2.